The molecule has 3 rings (SSSR count). The molecule has 26 heavy (non-hydrogen) atoms. The molecule has 144 valence electrons. The number of aliphatic hydroxyl groups excluding tert-OH is 1. The Hall–Kier alpha value is -1.62. The van der Waals surface area contributed by atoms with E-state index in [0.717, 1.165) is 36.8 Å². The molecule has 0 aromatic heterocycles. The topological polar surface area (TPSA) is 83.8 Å². The summed E-state index contributed by atoms with van der Waals surface area (Å²) in [6.07, 6.45) is 5.42. The molecule has 0 aromatic rings. The van der Waals surface area contributed by atoms with Crippen molar-refractivity contribution in [1.29, 1.82) is 0 Å². The molecule has 0 unspecified atom stereocenters. The van der Waals surface area contributed by atoms with E-state index in [9.17, 15) is 14.7 Å². The number of rotatable bonds is 2. The lowest BCUT2D eigenvalue weighted by Crippen LogP contribution is -2.54. The summed E-state index contributed by atoms with van der Waals surface area (Å²) >= 11 is 0. The molecule has 2 N–H and O–H groups in total. The Balaban J connectivity index is 2.08. The van der Waals surface area contributed by atoms with Gasteiger partial charge in [-0.1, -0.05) is 31.4 Å². The van der Waals surface area contributed by atoms with Crippen LogP contribution < -0.4 is 0 Å². The number of carbonyl (C=O) groups is 2. The van der Waals surface area contributed by atoms with Crippen LogP contribution in [-0.2, 0) is 14.3 Å². The third-order valence-electron chi connectivity index (χ3n) is 7.43. The van der Waals surface area contributed by atoms with E-state index in [-0.39, 0.29) is 23.2 Å². The van der Waals surface area contributed by atoms with Gasteiger partial charge in [-0.25, -0.2) is 4.79 Å². The summed E-state index contributed by atoms with van der Waals surface area (Å²) in [5, 5.41) is 20.1. The maximum Gasteiger partial charge on any atom is 0.328 e. The van der Waals surface area contributed by atoms with Gasteiger partial charge in [0.25, 0.3) is 0 Å². The number of aliphatic carboxylic acids is 1. The van der Waals surface area contributed by atoms with Gasteiger partial charge >= 0.3 is 11.9 Å². The van der Waals surface area contributed by atoms with Crippen LogP contribution in [0.3, 0.4) is 0 Å². The fourth-order valence-electron chi connectivity index (χ4n) is 6.14. The minimum atomic E-state index is -0.929. The normalized spacial score (nSPS) is 41.4. The number of ether oxygens (including phenoxy) is 1. The molecule has 0 bridgehead atoms. The molecule has 5 heteroatoms. The minimum Gasteiger partial charge on any atom is -0.478 e. The molecule has 0 heterocycles. The van der Waals surface area contributed by atoms with Crippen molar-refractivity contribution >= 4 is 11.9 Å². The molecular weight excluding hydrogens is 332 g/mol. The maximum absolute atomic E-state index is 12.6. The van der Waals surface area contributed by atoms with E-state index in [0.29, 0.717) is 12.8 Å². The summed E-state index contributed by atoms with van der Waals surface area (Å²) in [6.45, 7) is 6.22. The highest BCUT2D eigenvalue weighted by Crippen LogP contribution is 2.63. The van der Waals surface area contributed by atoms with Crippen LogP contribution in [-0.4, -0.2) is 35.4 Å². The van der Waals surface area contributed by atoms with Gasteiger partial charge in [-0.2, -0.15) is 0 Å². The van der Waals surface area contributed by atoms with Gasteiger partial charge < -0.3 is 14.9 Å². The van der Waals surface area contributed by atoms with Crippen LogP contribution in [0.15, 0.2) is 22.8 Å². The van der Waals surface area contributed by atoms with Crippen LogP contribution in [0, 0.1) is 22.7 Å². The van der Waals surface area contributed by atoms with Gasteiger partial charge in [-0.05, 0) is 55.9 Å². The van der Waals surface area contributed by atoms with Gasteiger partial charge in [-0.15, -0.1) is 0 Å². The van der Waals surface area contributed by atoms with Gasteiger partial charge in [0.15, 0.2) is 0 Å². The summed E-state index contributed by atoms with van der Waals surface area (Å²) in [5.41, 5.74) is 2.41. The predicted octanol–water partition coefficient (Wildman–Crippen LogP) is 3.47. The standard InChI is InChI=1S/C21H30O5/c1-12-13(10-17(23)24)6-7-14-18(12)15(22)11-16-20(14,2)8-5-9-21(16,3)19(25)26-4/h10,12,15-16,22H,5-9,11H2,1-4H3,(H,23,24)/b13-10+/t12-,15+,16-,20-,21+/m1/s1. The Morgan fingerprint density at radius 1 is 1.23 bits per heavy atom. The highest BCUT2D eigenvalue weighted by atomic mass is 16.5. The predicted molar refractivity (Wildman–Crippen MR) is 97.3 cm³/mol. The SMILES string of the molecule is COC(=O)[C@@]1(C)CCC[C@]2(C)C3=C([C@@H](O)C[C@@H]12)[C@H](C)/C(=C/C(=O)O)CC3. The Morgan fingerprint density at radius 3 is 2.54 bits per heavy atom. The Morgan fingerprint density at radius 2 is 1.92 bits per heavy atom. The zero-order chi connectivity index (χ0) is 19.3. The van der Waals surface area contributed by atoms with E-state index in [2.05, 4.69) is 6.92 Å². The van der Waals surface area contributed by atoms with Crippen LogP contribution >= 0.6 is 0 Å². The summed E-state index contributed by atoms with van der Waals surface area (Å²) in [4.78, 5) is 23.7. The largest absolute Gasteiger partial charge is 0.478 e. The molecule has 0 aromatic carbocycles. The van der Waals surface area contributed by atoms with Gasteiger partial charge in [-0.3, -0.25) is 4.79 Å². The van der Waals surface area contributed by atoms with Gasteiger partial charge in [0.05, 0.1) is 18.6 Å². The van der Waals surface area contributed by atoms with E-state index >= 15 is 0 Å². The monoisotopic (exact) mass is 362 g/mol. The first-order chi connectivity index (χ1) is 12.1. The number of carboxylic acid groups (broad SMARTS) is 1. The molecule has 0 radical (unpaired) electrons. The number of aliphatic hydroxyl groups is 1. The van der Waals surface area contributed by atoms with Gasteiger partial charge in [0, 0.05) is 12.0 Å². The number of hydrogen-bond donors (Lipinski definition) is 2. The third-order valence-corrected chi connectivity index (χ3v) is 7.43. The van der Waals surface area contributed by atoms with Crippen LogP contribution in [0.2, 0.25) is 0 Å². The fourth-order valence-corrected chi connectivity index (χ4v) is 6.14. The van der Waals surface area contributed by atoms with E-state index in [1.165, 1.54) is 18.8 Å². The number of allylic oxidation sites excluding steroid dienone is 2. The summed E-state index contributed by atoms with van der Waals surface area (Å²) < 4.78 is 5.13. The lowest BCUT2D eigenvalue weighted by atomic mass is 9.47. The third kappa shape index (κ3) is 2.72. The van der Waals surface area contributed by atoms with E-state index in [1.54, 1.807) is 0 Å². The smallest absolute Gasteiger partial charge is 0.328 e. The fraction of sp³-hybridized carbons (Fsp3) is 0.714. The van der Waals surface area contributed by atoms with Crippen molar-refractivity contribution in [2.45, 2.75) is 65.4 Å². The summed E-state index contributed by atoms with van der Waals surface area (Å²) in [7, 11) is 1.44. The first-order valence-corrected chi connectivity index (χ1v) is 9.58. The quantitative estimate of drug-likeness (QED) is 0.446. The van der Waals surface area contributed by atoms with Crippen molar-refractivity contribution in [3.8, 4) is 0 Å². The highest BCUT2D eigenvalue weighted by molar-refractivity contribution is 5.81. The lowest BCUT2D eigenvalue weighted by molar-refractivity contribution is -0.164. The molecule has 1 saturated carbocycles. The first-order valence-electron chi connectivity index (χ1n) is 9.58. The van der Waals surface area contributed by atoms with Crippen molar-refractivity contribution in [3.05, 3.63) is 22.8 Å². The molecular formula is C21H30O5. The molecule has 5 nitrogen and oxygen atoms in total. The number of carboxylic acids is 1. The maximum atomic E-state index is 12.6. The first kappa shape index (κ1) is 19.2. The van der Waals surface area contributed by atoms with Gasteiger partial charge in [0.2, 0.25) is 0 Å². The minimum absolute atomic E-state index is 0.0437. The molecule has 5 atom stereocenters. The van der Waals surface area contributed by atoms with Crippen molar-refractivity contribution < 1.29 is 24.5 Å². The average molecular weight is 362 g/mol. The molecule has 0 amide bonds. The van der Waals surface area contributed by atoms with Crippen molar-refractivity contribution in [3.63, 3.8) is 0 Å². The molecule has 0 saturated heterocycles. The number of methoxy groups -OCH3 is 1. The highest BCUT2D eigenvalue weighted by Gasteiger charge is 2.58. The second-order valence-electron chi connectivity index (χ2n) is 8.70. The number of carbonyl (C=O) groups excluding carboxylic acids is 1. The zero-order valence-electron chi connectivity index (χ0n) is 16.2. The van der Waals surface area contributed by atoms with Crippen LogP contribution in [0.1, 0.15) is 59.3 Å². The van der Waals surface area contributed by atoms with Gasteiger partial charge in [0.1, 0.15) is 0 Å². The van der Waals surface area contributed by atoms with Crippen molar-refractivity contribution in [1.82, 2.24) is 0 Å². The molecule has 3 aliphatic rings. The Labute approximate surface area is 155 Å². The second-order valence-corrected chi connectivity index (χ2v) is 8.70. The lowest BCUT2D eigenvalue weighted by Gasteiger charge is -2.57. The Kier molecular flexibility index (Phi) is 4.80. The van der Waals surface area contributed by atoms with E-state index in [1.807, 2.05) is 13.8 Å². The summed E-state index contributed by atoms with van der Waals surface area (Å²) in [5.74, 6) is -1.13. The zero-order valence-corrected chi connectivity index (χ0v) is 16.2. The Bertz CT molecular complexity index is 691. The second kappa shape index (κ2) is 6.52. The van der Waals surface area contributed by atoms with Crippen LogP contribution in [0.4, 0.5) is 0 Å². The molecule has 1 fully saturated rings. The van der Waals surface area contributed by atoms with E-state index in [4.69, 9.17) is 9.84 Å². The average Bonchev–Trinajstić information content (AvgIpc) is 2.58. The van der Waals surface area contributed by atoms with Crippen molar-refractivity contribution in [2.24, 2.45) is 22.7 Å². The van der Waals surface area contributed by atoms with Crippen molar-refractivity contribution in [2.75, 3.05) is 7.11 Å². The molecule has 3 aliphatic carbocycles. The summed E-state index contributed by atoms with van der Waals surface area (Å²) in [6, 6.07) is 0. The van der Waals surface area contributed by atoms with E-state index < -0.39 is 17.5 Å². The number of hydrogen-bond acceptors (Lipinski definition) is 4. The van der Waals surface area contributed by atoms with Crippen LogP contribution in [0.5, 0.6) is 0 Å². The molecule has 0 spiro atoms. The number of esters is 1. The van der Waals surface area contributed by atoms with Crippen LogP contribution in [0.25, 0.3) is 0 Å². The number of fused-ring (bicyclic) bond motifs is 2. The molecule has 0 aliphatic heterocycles.